The highest BCUT2D eigenvalue weighted by Gasteiger charge is 2.20. The Bertz CT molecular complexity index is 329. The second-order valence-corrected chi connectivity index (χ2v) is 5.32. The van der Waals surface area contributed by atoms with E-state index in [0.717, 1.165) is 6.54 Å². The molecule has 1 aliphatic rings. The number of halogens is 1. The first-order chi connectivity index (χ1) is 8.29. The van der Waals surface area contributed by atoms with Crippen LogP contribution in [-0.4, -0.2) is 31.1 Å². The molecule has 2 rings (SSSR count). The van der Waals surface area contributed by atoms with E-state index in [0.29, 0.717) is 11.8 Å². The lowest BCUT2D eigenvalue weighted by Gasteiger charge is -2.33. The van der Waals surface area contributed by atoms with Crippen molar-refractivity contribution in [3.05, 3.63) is 35.9 Å². The zero-order chi connectivity index (χ0) is 12.1. The van der Waals surface area contributed by atoms with E-state index in [2.05, 4.69) is 42.2 Å². The summed E-state index contributed by atoms with van der Waals surface area (Å²) < 4.78 is 0. The van der Waals surface area contributed by atoms with E-state index in [1.165, 1.54) is 38.0 Å². The minimum Gasteiger partial charge on any atom is -0.330 e. The predicted octanol–water partition coefficient (Wildman–Crippen LogP) is 2.88. The summed E-state index contributed by atoms with van der Waals surface area (Å²) in [6.07, 6.45) is 2.62. The third-order valence-corrected chi connectivity index (χ3v) is 3.84. The van der Waals surface area contributed by atoms with Gasteiger partial charge in [0.15, 0.2) is 0 Å². The summed E-state index contributed by atoms with van der Waals surface area (Å²) in [4.78, 5) is 2.58. The fourth-order valence-corrected chi connectivity index (χ4v) is 2.78. The quantitative estimate of drug-likeness (QED) is 0.910. The molecule has 3 heteroatoms. The topological polar surface area (TPSA) is 29.3 Å². The first kappa shape index (κ1) is 15.5. The van der Waals surface area contributed by atoms with Crippen LogP contribution < -0.4 is 5.73 Å². The molecule has 2 atom stereocenters. The zero-order valence-electron chi connectivity index (χ0n) is 11.2. The number of hydrogen-bond acceptors (Lipinski definition) is 2. The molecule has 2 nitrogen and oxygen atoms in total. The Balaban J connectivity index is 0.00000162. The van der Waals surface area contributed by atoms with Crippen LogP contribution in [0, 0.1) is 5.92 Å². The molecule has 2 N–H and O–H groups in total. The second kappa shape index (κ2) is 7.78. The summed E-state index contributed by atoms with van der Waals surface area (Å²) in [5.41, 5.74) is 7.23. The largest absolute Gasteiger partial charge is 0.330 e. The minimum atomic E-state index is 0. The third kappa shape index (κ3) is 4.27. The van der Waals surface area contributed by atoms with Crippen molar-refractivity contribution in [3.8, 4) is 0 Å². The first-order valence-corrected chi connectivity index (χ1v) is 6.77. The van der Waals surface area contributed by atoms with Crippen LogP contribution in [0.5, 0.6) is 0 Å². The van der Waals surface area contributed by atoms with Crippen molar-refractivity contribution >= 4 is 12.4 Å². The highest BCUT2D eigenvalue weighted by atomic mass is 35.5. The van der Waals surface area contributed by atoms with Crippen molar-refractivity contribution < 1.29 is 0 Å². The van der Waals surface area contributed by atoms with Crippen molar-refractivity contribution in [3.63, 3.8) is 0 Å². The smallest absolute Gasteiger partial charge is 0.00477 e. The summed E-state index contributed by atoms with van der Waals surface area (Å²) in [7, 11) is 0. The number of hydrogen-bond donors (Lipinski definition) is 1. The summed E-state index contributed by atoms with van der Waals surface area (Å²) in [6, 6.07) is 10.8. The Hall–Kier alpha value is -0.570. The highest BCUT2D eigenvalue weighted by Crippen LogP contribution is 2.20. The van der Waals surface area contributed by atoms with Crippen LogP contribution >= 0.6 is 12.4 Å². The van der Waals surface area contributed by atoms with Crippen LogP contribution in [0.3, 0.4) is 0 Å². The number of likely N-dealkylation sites (tertiary alicyclic amines) is 1. The maximum absolute atomic E-state index is 5.78. The predicted molar refractivity (Wildman–Crippen MR) is 80.3 cm³/mol. The van der Waals surface area contributed by atoms with E-state index in [1.807, 2.05) is 0 Å². The van der Waals surface area contributed by atoms with Gasteiger partial charge in [0, 0.05) is 13.1 Å². The summed E-state index contributed by atoms with van der Waals surface area (Å²) in [5.74, 6) is 1.33. The molecule has 1 aliphatic heterocycles. The van der Waals surface area contributed by atoms with Gasteiger partial charge < -0.3 is 10.6 Å². The molecule has 0 spiro atoms. The average molecular weight is 269 g/mol. The molecule has 1 aromatic carbocycles. The maximum Gasteiger partial charge on any atom is 0.00477 e. The SMILES string of the molecule is CC(CN1CCCC(CN)C1)c1ccccc1.Cl. The van der Waals surface area contributed by atoms with Crippen molar-refractivity contribution in [1.82, 2.24) is 4.90 Å². The molecular formula is C15H25ClN2. The highest BCUT2D eigenvalue weighted by molar-refractivity contribution is 5.85. The molecule has 2 unspecified atom stereocenters. The number of nitrogens with two attached hydrogens (primary N) is 1. The van der Waals surface area contributed by atoms with E-state index in [-0.39, 0.29) is 12.4 Å². The van der Waals surface area contributed by atoms with Gasteiger partial charge in [-0.15, -0.1) is 12.4 Å². The minimum absolute atomic E-state index is 0. The van der Waals surface area contributed by atoms with E-state index in [4.69, 9.17) is 5.73 Å². The molecule has 1 saturated heterocycles. The Morgan fingerprint density at radius 2 is 2.06 bits per heavy atom. The van der Waals surface area contributed by atoms with E-state index >= 15 is 0 Å². The van der Waals surface area contributed by atoms with Crippen LogP contribution in [0.1, 0.15) is 31.2 Å². The van der Waals surface area contributed by atoms with Gasteiger partial charge in [-0.05, 0) is 43.3 Å². The molecule has 0 amide bonds. The summed E-state index contributed by atoms with van der Waals surface area (Å²) in [5, 5.41) is 0. The Kier molecular flexibility index (Phi) is 6.69. The fraction of sp³-hybridized carbons (Fsp3) is 0.600. The van der Waals surface area contributed by atoms with Gasteiger partial charge in [-0.3, -0.25) is 0 Å². The van der Waals surface area contributed by atoms with E-state index in [9.17, 15) is 0 Å². The number of nitrogens with zero attached hydrogens (tertiary/aromatic N) is 1. The van der Waals surface area contributed by atoms with E-state index in [1.54, 1.807) is 0 Å². The van der Waals surface area contributed by atoms with Crippen molar-refractivity contribution in [2.75, 3.05) is 26.2 Å². The molecule has 0 aliphatic carbocycles. The average Bonchev–Trinajstić information content (AvgIpc) is 2.40. The normalized spacial score (nSPS) is 22.2. The van der Waals surface area contributed by atoms with Gasteiger partial charge in [-0.25, -0.2) is 0 Å². The van der Waals surface area contributed by atoms with Gasteiger partial charge in [0.1, 0.15) is 0 Å². The Labute approximate surface area is 117 Å². The van der Waals surface area contributed by atoms with Crippen LogP contribution in [0.15, 0.2) is 30.3 Å². The van der Waals surface area contributed by atoms with Crippen LogP contribution in [0.2, 0.25) is 0 Å². The standard InChI is InChI=1S/C15H24N2.ClH/c1-13(15-7-3-2-4-8-15)11-17-9-5-6-14(10-16)12-17;/h2-4,7-8,13-14H,5-6,9-12,16H2,1H3;1H. The van der Waals surface area contributed by atoms with Gasteiger partial charge in [0.05, 0.1) is 0 Å². The number of piperidine rings is 1. The molecule has 0 aromatic heterocycles. The van der Waals surface area contributed by atoms with Crippen molar-refractivity contribution in [2.45, 2.75) is 25.7 Å². The van der Waals surface area contributed by atoms with Crippen molar-refractivity contribution in [2.24, 2.45) is 11.7 Å². The maximum atomic E-state index is 5.78. The van der Waals surface area contributed by atoms with Crippen LogP contribution in [-0.2, 0) is 0 Å². The molecule has 0 radical (unpaired) electrons. The molecule has 1 heterocycles. The third-order valence-electron chi connectivity index (χ3n) is 3.84. The lowest BCUT2D eigenvalue weighted by molar-refractivity contribution is 0.171. The van der Waals surface area contributed by atoms with Gasteiger partial charge >= 0.3 is 0 Å². The fourth-order valence-electron chi connectivity index (χ4n) is 2.78. The summed E-state index contributed by atoms with van der Waals surface area (Å²) >= 11 is 0. The van der Waals surface area contributed by atoms with Gasteiger partial charge in [-0.2, -0.15) is 0 Å². The van der Waals surface area contributed by atoms with Gasteiger partial charge in [0.25, 0.3) is 0 Å². The first-order valence-electron chi connectivity index (χ1n) is 6.77. The molecule has 0 bridgehead atoms. The Morgan fingerprint density at radius 1 is 1.33 bits per heavy atom. The van der Waals surface area contributed by atoms with Crippen molar-refractivity contribution in [1.29, 1.82) is 0 Å². The molecule has 0 saturated carbocycles. The second-order valence-electron chi connectivity index (χ2n) is 5.32. The molecule has 1 fully saturated rings. The number of rotatable bonds is 4. The lowest BCUT2D eigenvalue weighted by atomic mass is 9.95. The zero-order valence-corrected chi connectivity index (χ0v) is 12.0. The van der Waals surface area contributed by atoms with E-state index < -0.39 is 0 Å². The molecule has 18 heavy (non-hydrogen) atoms. The molecule has 102 valence electrons. The lowest BCUT2D eigenvalue weighted by Crippen LogP contribution is -2.40. The summed E-state index contributed by atoms with van der Waals surface area (Å²) in [6.45, 7) is 6.76. The van der Waals surface area contributed by atoms with Crippen LogP contribution in [0.4, 0.5) is 0 Å². The molecule has 1 aromatic rings. The monoisotopic (exact) mass is 268 g/mol. The van der Waals surface area contributed by atoms with Gasteiger partial charge in [0.2, 0.25) is 0 Å². The van der Waals surface area contributed by atoms with Gasteiger partial charge in [-0.1, -0.05) is 37.3 Å². The Morgan fingerprint density at radius 3 is 2.72 bits per heavy atom. The molecular weight excluding hydrogens is 244 g/mol. The van der Waals surface area contributed by atoms with Crippen LogP contribution in [0.25, 0.3) is 0 Å². The number of benzene rings is 1.